The van der Waals surface area contributed by atoms with Gasteiger partial charge in [0.05, 0.1) is 5.02 Å². The molecule has 1 aromatic heterocycles. The van der Waals surface area contributed by atoms with Crippen molar-refractivity contribution in [3.63, 3.8) is 0 Å². The average Bonchev–Trinajstić information content (AvgIpc) is 2.64. The molecule has 0 radical (unpaired) electrons. The summed E-state index contributed by atoms with van der Waals surface area (Å²) in [6.07, 6.45) is 7.65. The van der Waals surface area contributed by atoms with E-state index < -0.39 is 5.82 Å². The van der Waals surface area contributed by atoms with Crippen LogP contribution in [0.3, 0.4) is 0 Å². The Balaban J connectivity index is 1.63. The number of hydrogen-bond acceptors (Lipinski definition) is 2. The van der Waals surface area contributed by atoms with Crippen molar-refractivity contribution in [3.8, 4) is 11.1 Å². The summed E-state index contributed by atoms with van der Waals surface area (Å²) >= 11 is 5.73. The maximum Gasteiger partial charge on any atom is 0.142 e. The number of benzene rings is 2. The summed E-state index contributed by atoms with van der Waals surface area (Å²) in [6.45, 7) is 2.15. The Hall–Kier alpha value is -2.26. The minimum Gasteiger partial charge on any atom is -0.241 e. The highest BCUT2D eigenvalue weighted by atomic mass is 35.5. The normalized spacial score (nSPS) is 10.8. The molecule has 1 heterocycles. The molecule has 0 saturated carbocycles. The van der Waals surface area contributed by atoms with E-state index in [2.05, 4.69) is 29.0 Å². The van der Waals surface area contributed by atoms with E-state index in [9.17, 15) is 4.39 Å². The third-order valence-corrected chi connectivity index (χ3v) is 4.45. The van der Waals surface area contributed by atoms with Crippen molar-refractivity contribution in [2.75, 3.05) is 0 Å². The van der Waals surface area contributed by atoms with Crippen molar-refractivity contribution >= 4 is 11.6 Å². The van der Waals surface area contributed by atoms with Crippen LogP contribution in [0, 0.1) is 5.82 Å². The SMILES string of the molecule is CCCc1cnc(CCc2ccc(-c3ccc(Cl)c(F)c3)cc2)nc1. The van der Waals surface area contributed by atoms with Crippen LogP contribution in [0.4, 0.5) is 4.39 Å². The van der Waals surface area contributed by atoms with Crippen molar-refractivity contribution in [3.05, 3.63) is 82.6 Å². The van der Waals surface area contributed by atoms with Crippen LogP contribution < -0.4 is 0 Å². The third kappa shape index (κ3) is 4.64. The van der Waals surface area contributed by atoms with E-state index >= 15 is 0 Å². The van der Waals surface area contributed by atoms with Crippen LogP contribution in [0.15, 0.2) is 54.9 Å². The molecule has 0 aliphatic rings. The second kappa shape index (κ2) is 8.21. The number of aryl methyl sites for hydroxylation is 3. The molecule has 0 N–H and O–H groups in total. The van der Waals surface area contributed by atoms with Crippen molar-refractivity contribution in [2.45, 2.75) is 32.6 Å². The van der Waals surface area contributed by atoms with Crippen LogP contribution in [0.5, 0.6) is 0 Å². The predicted octanol–water partition coefficient (Wildman–Crippen LogP) is 5.67. The van der Waals surface area contributed by atoms with E-state index in [0.29, 0.717) is 0 Å². The van der Waals surface area contributed by atoms with Gasteiger partial charge in [-0.2, -0.15) is 0 Å². The molecule has 2 aromatic carbocycles. The Kier molecular flexibility index (Phi) is 5.77. The zero-order valence-electron chi connectivity index (χ0n) is 14.2. The van der Waals surface area contributed by atoms with Gasteiger partial charge in [0, 0.05) is 18.8 Å². The highest BCUT2D eigenvalue weighted by Gasteiger charge is 2.04. The van der Waals surface area contributed by atoms with Crippen LogP contribution in [-0.2, 0) is 19.3 Å². The zero-order valence-corrected chi connectivity index (χ0v) is 14.9. The maximum absolute atomic E-state index is 13.6. The van der Waals surface area contributed by atoms with E-state index in [-0.39, 0.29) is 5.02 Å². The summed E-state index contributed by atoms with van der Waals surface area (Å²) in [6, 6.07) is 13.0. The van der Waals surface area contributed by atoms with Gasteiger partial charge in [-0.05, 0) is 47.2 Å². The molecule has 2 nitrogen and oxygen atoms in total. The first kappa shape index (κ1) is 17.6. The van der Waals surface area contributed by atoms with Crippen molar-refractivity contribution in [2.24, 2.45) is 0 Å². The van der Waals surface area contributed by atoms with E-state index in [1.807, 2.05) is 30.6 Å². The van der Waals surface area contributed by atoms with Gasteiger partial charge < -0.3 is 0 Å². The highest BCUT2D eigenvalue weighted by Crippen LogP contribution is 2.24. The lowest BCUT2D eigenvalue weighted by Crippen LogP contribution is -1.99. The van der Waals surface area contributed by atoms with Gasteiger partial charge in [-0.3, -0.25) is 0 Å². The summed E-state index contributed by atoms with van der Waals surface area (Å²) < 4.78 is 13.6. The van der Waals surface area contributed by atoms with Gasteiger partial charge in [-0.25, -0.2) is 14.4 Å². The van der Waals surface area contributed by atoms with Crippen molar-refractivity contribution in [1.29, 1.82) is 0 Å². The second-order valence-electron chi connectivity index (χ2n) is 6.08. The number of halogens is 2. The van der Waals surface area contributed by atoms with E-state index in [1.165, 1.54) is 17.2 Å². The van der Waals surface area contributed by atoms with Gasteiger partial charge in [0.2, 0.25) is 0 Å². The van der Waals surface area contributed by atoms with Gasteiger partial charge in [-0.1, -0.05) is 55.3 Å². The summed E-state index contributed by atoms with van der Waals surface area (Å²) in [5.41, 5.74) is 4.19. The standard InChI is InChI=1S/C21H20ClFN2/c1-2-3-16-13-24-21(25-14-16)11-6-15-4-7-17(8-5-15)18-9-10-19(22)20(23)12-18/h4-5,7-10,12-14H,2-3,6,11H2,1H3. The van der Waals surface area contributed by atoms with E-state index in [1.54, 1.807) is 6.07 Å². The molecule has 0 saturated heterocycles. The molecule has 0 atom stereocenters. The zero-order chi connectivity index (χ0) is 17.6. The Bertz CT molecular complexity index is 830. The van der Waals surface area contributed by atoms with Crippen molar-refractivity contribution in [1.82, 2.24) is 9.97 Å². The lowest BCUT2D eigenvalue weighted by atomic mass is 10.0. The highest BCUT2D eigenvalue weighted by molar-refractivity contribution is 6.30. The molecule has 25 heavy (non-hydrogen) atoms. The lowest BCUT2D eigenvalue weighted by Gasteiger charge is -2.06. The first-order valence-corrected chi connectivity index (χ1v) is 8.87. The van der Waals surface area contributed by atoms with Gasteiger partial charge in [0.15, 0.2) is 0 Å². The molecule has 0 bridgehead atoms. The summed E-state index contributed by atoms with van der Waals surface area (Å²) in [4.78, 5) is 8.86. The summed E-state index contributed by atoms with van der Waals surface area (Å²) in [5, 5.41) is 0.144. The summed E-state index contributed by atoms with van der Waals surface area (Å²) in [5.74, 6) is 0.468. The van der Waals surface area contributed by atoms with E-state index in [4.69, 9.17) is 11.6 Å². The number of rotatable bonds is 6. The molecular weight excluding hydrogens is 335 g/mol. The second-order valence-corrected chi connectivity index (χ2v) is 6.49. The maximum atomic E-state index is 13.6. The van der Waals surface area contributed by atoms with Crippen LogP contribution in [0.25, 0.3) is 11.1 Å². The smallest absolute Gasteiger partial charge is 0.142 e. The molecule has 0 spiro atoms. The van der Waals surface area contributed by atoms with Crippen molar-refractivity contribution < 1.29 is 4.39 Å². The molecule has 3 aromatic rings. The fourth-order valence-electron chi connectivity index (χ4n) is 2.72. The molecule has 4 heteroatoms. The first-order chi connectivity index (χ1) is 12.2. The number of aromatic nitrogens is 2. The molecule has 0 unspecified atom stereocenters. The topological polar surface area (TPSA) is 25.8 Å². The average molecular weight is 355 g/mol. The molecular formula is C21H20ClFN2. The minimum atomic E-state index is -0.396. The third-order valence-electron chi connectivity index (χ3n) is 4.14. The summed E-state index contributed by atoms with van der Waals surface area (Å²) in [7, 11) is 0. The Labute approximate surface area is 152 Å². The predicted molar refractivity (Wildman–Crippen MR) is 100 cm³/mol. The van der Waals surface area contributed by atoms with Crippen LogP contribution in [-0.4, -0.2) is 9.97 Å². The lowest BCUT2D eigenvalue weighted by molar-refractivity contribution is 0.629. The van der Waals surface area contributed by atoms with Crippen LogP contribution in [0.2, 0.25) is 5.02 Å². The molecule has 128 valence electrons. The number of hydrogen-bond donors (Lipinski definition) is 0. The Morgan fingerprint density at radius 2 is 1.52 bits per heavy atom. The molecule has 0 amide bonds. The van der Waals surface area contributed by atoms with Gasteiger partial charge in [0.1, 0.15) is 11.6 Å². The van der Waals surface area contributed by atoms with Crippen LogP contribution >= 0.6 is 11.6 Å². The van der Waals surface area contributed by atoms with Crippen LogP contribution in [0.1, 0.15) is 30.3 Å². The monoisotopic (exact) mass is 354 g/mol. The minimum absolute atomic E-state index is 0.144. The molecule has 0 fully saturated rings. The molecule has 0 aliphatic heterocycles. The van der Waals surface area contributed by atoms with Gasteiger partial charge in [0.25, 0.3) is 0 Å². The number of nitrogens with zero attached hydrogens (tertiary/aromatic N) is 2. The molecule has 3 rings (SSSR count). The van der Waals surface area contributed by atoms with E-state index in [0.717, 1.165) is 42.6 Å². The quantitative estimate of drug-likeness (QED) is 0.569. The fraction of sp³-hybridized carbons (Fsp3) is 0.238. The Morgan fingerprint density at radius 1 is 0.840 bits per heavy atom. The first-order valence-electron chi connectivity index (χ1n) is 8.50. The fourth-order valence-corrected chi connectivity index (χ4v) is 2.84. The largest absolute Gasteiger partial charge is 0.241 e. The molecule has 0 aliphatic carbocycles. The Morgan fingerprint density at radius 3 is 2.16 bits per heavy atom. The van der Waals surface area contributed by atoms with Gasteiger partial charge in [-0.15, -0.1) is 0 Å². The van der Waals surface area contributed by atoms with Gasteiger partial charge >= 0.3 is 0 Å².